The van der Waals surface area contributed by atoms with Gasteiger partial charge in [-0.15, -0.1) is 6.58 Å². The van der Waals surface area contributed by atoms with Gasteiger partial charge in [-0.05, 0) is 142 Å². The van der Waals surface area contributed by atoms with Crippen molar-refractivity contribution in [3.63, 3.8) is 0 Å². The monoisotopic (exact) mass is 1850 g/mol. The van der Waals surface area contributed by atoms with E-state index in [0.29, 0.717) is 136 Å². The van der Waals surface area contributed by atoms with Crippen LogP contribution < -0.4 is 10.6 Å². The van der Waals surface area contributed by atoms with E-state index in [9.17, 15) is 56.3 Å². The maximum absolute atomic E-state index is 14.8. The van der Waals surface area contributed by atoms with E-state index in [0.717, 1.165) is 87.1 Å². The molecule has 0 bridgehead atoms. The number of halogens is 9. The van der Waals surface area contributed by atoms with Crippen LogP contribution in [0.15, 0.2) is 164 Å². The Morgan fingerprint density at radius 1 is 0.433 bits per heavy atom. The molecule has 127 heavy (non-hydrogen) atoms. The maximum Gasteiger partial charge on any atom is 0.317 e. The van der Waals surface area contributed by atoms with Gasteiger partial charge in [0.2, 0.25) is 41.9 Å². The number of aromatic nitrogens is 3. The molecule has 0 unspecified atom stereocenters. The van der Waals surface area contributed by atoms with Crippen LogP contribution in [0.3, 0.4) is 0 Å². The summed E-state index contributed by atoms with van der Waals surface area (Å²) in [4.78, 5) is 148. The highest BCUT2D eigenvalue weighted by Gasteiger charge is 2.62. The average Bonchev–Trinajstić information content (AvgIpc) is 1.58. The van der Waals surface area contributed by atoms with Gasteiger partial charge >= 0.3 is 12.1 Å². The van der Waals surface area contributed by atoms with Crippen LogP contribution in [0.2, 0.25) is 30.1 Å². The Hall–Kier alpha value is -10.5. The molecule has 6 atom stereocenters. The maximum atomic E-state index is 14.8. The van der Waals surface area contributed by atoms with E-state index in [4.69, 9.17) is 69.6 Å². The van der Waals surface area contributed by atoms with Crippen molar-refractivity contribution in [1.82, 2.24) is 69.7 Å². The number of benzene rings is 6. The zero-order valence-corrected chi connectivity index (χ0v) is 76.2. The minimum atomic E-state index is -1.17. The second-order valence-electron chi connectivity index (χ2n) is 33.5. The highest BCUT2D eigenvalue weighted by atomic mass is 35.5. The standard InChI is InChI=1S/C33H38Cl2FN5O3.C31H34Cl2FN5O3.C31H33Cl2FN4O3/c1-3-5-6-7-12-33(31(43)39-13-15-40(16-14-39)32(44)37-4-2)19-29(42)41(21-22-8-11-26(35)27(36)17-22)30(33)25-20-38-28-18-23(34)9-10-24(25)28;1-4-35-30(42)38-11-9-37(10-12-38)29(41)31(15-19(2)3)16-27(40)39(18-20-5-8-24(33)25(34)13-20)28(31)23-17-36-26-14-21(32)6-7-22(23)26;1-2-3-4-5-10-31(30(41)37-13-11-36(20-39)12-14-37)17-28(40)38(19-21-6-9-25(33)26(34)15-21)29(31)24-18-35-27-16-22(32)7-8-23(24)27/h6-11,17-18,20,30,38H,3-5,12-16,19,21H2,1-2H3,(H,37,44);5-8,13-14,17,28,36H,2,4,9-12,15-16,18H2,1,3H3,(H,35,42);4-9,15-16,18,20,29,35H,2-3,10-14,17,19H2,1H3/b7-6+;;5-4+/t30-,33+;28-,31+;29-,31+/m000/s1. The van der Waals surface area contributed by atoms with Crippen LogP contribution in [-0.4, -0.2) is 205 Å². The van der Waals surface area contributed by atoms with Crippen LogP contribution in [0.25, 0.3) is 32.7 Å². The number of hydrogen-bond donors (Lipinski definition) is 5. The molecule has 0 saturated carbocycles. The third kappa shape index (κ3) is 20.3. The number of nitrogens with one attached hydrogen (secondary N) is 5. The predicted octanol–water partition coefficient (Wildman–Crippen LogP) is 18.7. The van der Waals surface area contributed by atoms with Gasteiger partial charge < -0.3 is 69.7 Å². The molecule has 6 aliphatic rings. The molecule has 672 valence electrons. The van der Waals surface area contributed by atoms with Gasteiger partial charge in [0.05, 0.1) is 49.4 Å². The van der Waals surface area contributed by atoms with Gasteiger partial charge in [-0.3, -0.25) is 33.6 Å². The summed E-state index contributed by atoms with van der Waals surface area (Å²) >= 11 is 36.7. The molecule has 23 nitrogen and oxygen atoms in total. The van der Waals surface area contributed by atoms with Crippen LogP contribution in [0.5, 0.6) is 0 Å². The smallest absolute Gasteiger partial charge is 0.317 e. The minimum Gasteiger partial charge on any atom is -0.361 e. The van der Waals surface area contributed by atoms with E-state index < -0.39 is 51.8 Å². The van der Waals surface area contributed by atoms with E-state index in [1.165, 1.54) is 36.4 Å². The zero-order valence-electron chi connectivity index (χ0n) is 71.6. The first-order valence-electron chi connectivity index (χ1n) is 43.1. The fourth-order valence-electron chi connectivity index (χ4n) is 19.0. The van der Waals surface area contributed by atoms with Crippen LogP contribution >= 0.6 is 69.6 Å². The number of hydrogen-bond acceptors (Lipinski definition) is 9. The number of aromatic amines is 3. The summed E-state index contributed by atoms with van der Waals surface area (Å²) in [6, 6.07) is 27.7. The van der Waals surface area contributed by atoms with Crippen molar-refractivity contribution >= 4 is 156 Å². The molecule has 6 fully saturated rings. The minimum absolute atomic E-state index is 0.000164. The largest absolute Gasteiger partial charge is 0.361 e. The van der Waals surface area contributed by atoms with Crippen LogP contribution in [-0.2, 0) is 53.2 Å². The highest BCUT2D eigenvalue weighted by Crippen LogP contribution is 2.58. The second-order valence-corrected chi connectivity index (χ2v) is 36.1. The lowest BCUT2D eigenvalue weighted by Gasteiger charge is -2.43. The number of carbonyl (C=O) groups is 9. The van der Waals surface area contributed by atoms with E-state index >= 15 is 0 Å². The Morgan fingerprint density at radius 3 is 1.05 bits per heavy atom. The summed E-state index contributed by atoms with van der Waals surface area (Å²) in [6.45, 7) is 19.9. The SMILES string of the molecule is C=C(C)C[C@@]1(C(=O)N2CCN(C(=O)NCC)CC2)CC(=O)N(Cc2ccc(Cl)c(F)c2)[C@H]1c1c[nH]c2cc(Cl)ccc12.CCC/C=C/C[C@@]1(C(=O)N2CCN(C(=O)NCC)CC2)CC(=O)N(Cc2ccc(Cl)c(F)c2)[C@H]1c1c[nH]c2cc(Cl)ccc12.CCC/C=C/C[C@@]1(C(=O)N2CCN(C=O)CC2)CC(=O)N(Cc2ccc(Cl)c(F)c2)[C@H]1c1c[nH]c2cc(Cl)ccc12. The lowest BCUT2D eigenvalue weighted by molar-refractivity contribution is -0.147. The lowest BCUT2D eigenvalue weighted by atomic mass is 9.71. The summed E-state index contributed by atoms with van der Waals surface area (Å²) in [5.74, 6) is -2.69. The number of urea groups is 2. The molecule has 15 rings (SSSR count). The van der Waals surface area contributed by atoms with Crippen molar-refractivity contribution < 1.29 is 56.3 Å². The predicted molar refractivity (Wildman–Crippen MR) is 491 cm³/mol. The Morgan fingerprint density at radius 2 is 0.740 bits per heavy atom. The Kier molecular flexibility index (Phi) is 30.6. The number of piperazine rings is 3. The number of nitrogens with zero attached hydrogens (tertiary/aromatic N) is 9. The molecule has 5 N–H and O–H groups in total. The summed E-state index contributed by atoms with van der Waals surface area (Å²) in [5, 5.41) is 9.89. The fraction of sp³-hybridized carbons (Fsp3) is 0.400. The van der Waals surface area contributed by atoms with Gasteiger partial charge in [-0.1, -0.05) is 163 Å². The van der Waals surface area contributed by atoms with Crippen molar-refractivity contribution in [3.05, 3.63) is 245 Å². The third-order valence-corrected chi connectivity index (χ3v) is 26.6. The molecule has 3 aromatic heterocycles. The Balaban J connectivity index is 0.000000163. The molecular weight excluding hydrogens is 1750 g/mol. The van der Waals surface area contributed by atoms with E-state index in [-0.39, 0.29) is 108 Å². The second kappa shape index (κ2) is 41.3. The van der Waals surface area contributed by atoms with Crippen molar-refractivity contribution in [2.24, 2.45) is 16.2 Å². The Labute approximate surface area is 766 Å². The Bertz CT molecular complexity index is 5680. The summed E-state index contributed by atoms with van der Waals surface area (Å²) in [5.41, 5.74) is 3.84. The van der Waals surface area contributed by atoms with Crippen LogP contribution in [0.1, 0.15) is 150 Å². The molecule has 11 amide bonds. The van der Waals surface area contributed by atoms with Crippen molar-refractivity contribution in [3.8, 4) is 0 Å². The van der Waals surface area contributed by atoms with Crippen LogP contribution in [0, 0.1) is 33.7 Å². The topological polar surface area (TPSA) is 254 Å². The van der Waals surface area contributed by atoms with Crippen molar-refractivity contribution in [2.75, 3.05) is 91.6 Å². The average molecular weight is 1860 g/mol. The number of H-pyrrole nitrogens is 3. The lowest BCUT2D eigenvalue weighted by Crippen LogP contribution is -2.56. The van der Waals surface area contributed by atoms with Crippen LogP contribution in [0.4, 0.5) is 22.8 Å². The fourth-order valence-corrected chi connectivity index (χ4v) is 19.9. The van der Waals surface area contributed by atoms with Gasteiger partial charge in [-0.25, -0.2) is 22.8 Å². The third-order valence-electron chi connectivity index (χ3n) is 25.0. The number of rotatable bonds is 25. The molecule has 9 heterocycles. The zero-order chi connectivity index (χ0) is 90.8. The number of carbonyl (C=O) groups excluding carboxylic acids is 9. The van der Waals surface area contributed by atoms with Gasteiger partial charge in [-0.2, -0.15) is 0 Å². The summed E-state index contributed by atoms with van der Waals surface area (Å²) < 4.78 is 43.4. The van der Waals surface area contributed by atoms with Gasteiger partial charge in [0.25, 0.3) is 0 Å². The van der Waals surface area contributed by atoms with Gasteiger partial charge in [0.1, 0.15) is 17.5 Å². The molecule has 6 aromatic carbocycles. The van der Waals surface area contributed by atoms with E-state index in [1.807, 2.05) is 81.8 Å². The molecular formula is C95H105Cl6F3N14O9. The van der Waals surface area contributed by atoms with Crippen molar-refractivity contribution in [2.45, 2.75) is 137 Å². The molecule has 32 heteroatoms. The molecule has 0 radical (unpaired) electrons. The molecule has 6 aliphatic heterocycles. The number of unbranched alkanes of at least 4 members (excludes halogenated alkanes) is 2. The molecule has 0 aliphatic carbocycles. The molecule has 9 aromatic rings. The molecule has 6 saturated heterocycles. The number of amides is 11. The van der Waals surface area contributed by atoms with Gasteiger partial charge in [0.15, 0.2) is 0 Å². The number of allylic oxidation sites excluding steroid dienone is 5. The first-order valence-corrected chi connectivity index (χ1v) is 45.3. The number of likely N-dealkylation sites (tertiary alicyclic amines) is 3. The summed E-state index contributed by atoms with van der Waals surface area (Å²) in [7, 11) is 0. The first-order chi connectivity index (χ1) is 61.0. The highest BCUT2D eigenvalue weighted by molar-refractivity contribution is 6.33. The van der Waals surface area contributed by atoms with Gasteiger partial charge in [0, 0.05) is 214 Å². The quantitative estimate of drug-likeness (QED) is 0.0269. The van der Waals surface area contributed by atoms with Crippen molar-refractivity contribution in [1.29, 1.82) is 0 Å². The first kappa shape index (κ1) is 94.1. The normalized spacial score (nSPS) is 21.0. The number of fused-ring (bicyclic) bond motifs is 3. The summed E-state index contributed by atoms with van der Waals surface area (Å²) in [6.07, 6.45) is 19.1. The van der Waals surface area contributed by atoms with E-state index in [2.05, 4.69) is 58.2 Å². The van der Waals surface area contributed by atoms with E-state index in [1.54, 1.807) is 86.6 Å². The molecule has 0 spiro atoms.